The van der Waals surface area contributed by atoms with Crippen LogP contribution in [0.3, 0.4) is 0 Å². The summed E-state index contributed by atoms with van der Waals surface area (Å²) in [7, 11) is 1.71. The summed E-state index contributed by atoms with van der Waals surface area (Å²) in [5.74, 6) is 0.386. The lowest BCUT2D eigenvalue weighted by atomic mass is 10.0. The van der Waals surface area contributed by atoms with E-state index < -0.39 is 5.82 Å². The highest BCUT2D eigenvalue weighted by Gasteiger charge is 2.29. The molecule has 1 N–H and O–H groups in total. The van der Waals surface area contributed by atoms with Crippen LogP contribution in [0, 0.1) is 5.82 Å². The summed E-state index contributed by atoms with van der Waals surface area (Å²) in [5, 5.41) is 1.24. The van der Waals surface area contributed by atoms with Crippen molar-refractivity contribution in [1.82, 2.24) is 14.9 Å². The quantitative estimate of drug-likeness (QED) is 0.469. The zero-order chi connectivity index (χ0) is 24.6. The molecule has 2 fully saturated rings. The van der Waals surface area contributed by atoms with Crippen LogP contribution < -0.4 is 20.0 Å². The largest absolute Gasteiger partial charge is 0.497 e. The second-order valence-electron chi connectivity index (χ2n) is 9.62. The number of rotatable bonds is 4. The second-order valence-corrected chi connectivity index (χ2v) is 9.62. The predicted octanol–water partition coefficient (Wildman–Crippen LogP) is 4.02. The highest BCUT2D eigenvalue weighted by molar-refractivity contribution is 5.92. The van der Waals surface area contributed by atoms with E-state index in [1.165, 1.54) is 12.1 Å². The number of hydrogen-bond donors (Lipinski definition) is 1. The van der Waals surface area contributed by atoms with Gasteiger partial charge in [0.25, 0.3) is 0 Å². The highest BCUT2D eigenvalue weighted by Crippen LogP contribution is 2.33. The maximum absolute atomic E-state index is 14.3. The third kappa shape index (κ3) is 4.05. The molecule has 2 aliphatic heterocycles. The van der Waals surface area contributed by atoms with Crippen LogP contribution in [-0.4, -0.2) is 67.3 Å². The van der Waals surface area contributed by atoms with Gasteiger partial charge in [-0.25, -0.2) is 4.39 Å². The number of nitrogens with zero attached hydrogens (tertiary/aromatic N) is 4. The summed E-state index contributed by atoms with van der Waals surface area (Å²) in [5.41, 5.74) is 3.37. The number of nitrogens with one attached hydrogen (secondary N) is 1. The average Bonchev–Trinajstić information content (AvgIpc) is 2.93. The van der Waals surface area contributed by atoms with E-state index in [1.54, 1.807) is 19.4 Å². The normalized spacial score (nSPS) is 17.7. The van der Waals surface area contributed by atoms with E-state index in [0.29, 0.717) is 11.6 Å². The van der Waals surface area contributed by atoms with Gasteiger partial charge in [-0.15, -0.1) is 0 Å². The van der Waals surface area contributed by atoms with E-state index in [0.717, 1.165) is 80.1 Å². The molecule has 0 bridgehead atoms. The van der Waals surface area contributed by atoms with Crippen LogP contribution in [0.15, 0.2) is 59.7 Å². The molecule has 0 saturated carbocycles. The van der Waals surface area contributed by atoms with E-state index >= 15 is 0 Å². The Morgan fingerprint density at radius 1 is 0.972 bits per heavy atom. The molecule has 186 valence electrons. The molecule has 2 aliphatic rings. The standard InChI is InChI=1S/C28H30FN5O2/c1-36-21-17-19-3-2-9-30-27(19)24(18-21)34-15-13-32(14-16-34)20-7-11-33(12-8-20)23-5-4-22(29)26-25(35)6-10-31-28(23)26/h2-6,9-10,17-18,20H,7-8,11-16H2,1H3,(H,31,35). The number of halogens is 1. The van der Waals surface area contributed by atoms with Crippen LogP contribution >= 0.6 is 0 Å². The topological polar surface area (TPSA) is 64.7 Å². The van der Waals surface area contributed by atoms with Crippen LogP contribution in [0.25, 0.3) is 21.8 Å². The van der Waals surface area contributed by atoms with E-state index in [1.807, 2.05) is 18.3 Å². The summed E-state index contributed by atoms with van der Waals surface area (Å²) >= 11 is 0. The fourth-order valence-electron chi connectivity index (χ4n) is 5.81. The van der Waals surface area contributed by atoms with Crippen molar-refractivity contribution in [3.8, 4) is 5.75 Å². The molecule has 7 nitrogen and oxygen atoms in total. The number of pyridine rings is 2. The van der Waals surface area contributed by atoms with Crippen molar-refractivity contribution in [3.63, 3.8) is 0 Å². The molecular formula is C28H30FN5O2. The fraction of sp³-hybridized carbons (Fsp3) is 0.357. The van der Waals surface area contributed by atoms with Gasteiger partial charge in [0.2, 0.25) is 0 Å². The lowest BCUT2D eigenvalue weighted by Crippen LogP contribution is -2.53. The molecule has 0 spiro atoms. The Morgan fingerprint density at radius 3 is 2.53 bits per heavy atom. The van der Waals surface area contributed by atoms with Gasteiger partial charge < -0.3 is 19.5 Å². The molecule has 8 heteroatoms. The van der Waals surface area contributed by atoms with Crippen LogP contribution in [0.2, 0.25) is 0 Å². The molecule has 4 heterocycles. The van der Waals surface area contributed by atoms with Gasteiger partial charge in [-0.2, -0.15) is 0 Å². The Morgan fingerprint density at radius 2 is 1.75 bits per heavy atom. The zero-order valence-corrected chi connectivity index (χ0v) is 20.4. The first-order valence-corrected chi connectivity index (χ1v) is 12.6. The van der Waals surface area contributed by atoms with E-state index in [9.17, 15) is 9.18 Å². The number of H-pyrrole nitrogens is 1. The molecule has 4 aromatic rings. The summed E-state index contributed by atoms with van der Waals surface area (Å²) in [6.07, 6.45) is 5.53. The van der Waals surface area contributed by atoms with Gasteiger partial charge in [-0.1, -0.05) is 6.07 Å². The summed E-state index contributed by atoms with van der Waals surface area (Å²) < 4.78 is 19.9. The van der Waals surface area contributed by atoms with E-state index in [2.05, 4.69) is 36.8 Å². The lowest BCUT2D eigenvalue weighted by molar-refractivity contribution is 0.160. The maximum Gasteiger partial charge on any atom is 0.192 e. The van der Waals surface area contributed by atoms with Gasteiger partial charge in [0.05, 0.1) is 34.9 Å². The molecule has 2 saturated heterocycles. The van der Waals surface area contributed by atoms with Crippen LogP contribution in [0.5, 0.6) is 5.75 Å². The van der Waals surface area contributed by atoms with E-state index in [-0.39, 0.29) is 10.8 Å². The van der Waals surface area contributed by atoms with E-state index in [4.69, 9.17) is 4.74 Å². The number of aromatic nitrogens is 2. The maximum atomic E-state index is 14.3. The molecule has 2 aromatic carbocycles. The van der Waals surface area contributed by atoms with Gasteiger partial charge in [0.15, 0.2) is 5.43 Å². The number of aromatic amines is 1. The molecule has 0 radical (unpaired) electrons. The first-order valence-electron chi connectivity index (χ1n) is 12.6. The molecule has 0 aliphatic carbocycles. The Kier molecular flexibility index (Phi) is 5.97. The van der Waals surface area contributed by atoms with Gasteiger partial charge in [-0.3, -0.25) is 14.7 Å². The van der Waals surface area contributed by atoms with Crippen molar-refractivity contribution in [1.29, 1.82) is 0 Å². The van der Waals surface area contributed by atoms with Crippen molar-refractivity contribution in [2.24, 2.45) is 0 Å². The number of anilines is 2. The first-order chi connectivity index (χ1) is 17.6. The minimum Gasteiger partial charge on any atom is -0.497 e. The Hall–Kier alpha value is -3.65. The summed E-state index contributed by atoms with van der Waals surface area (Å²) in [6, 6.07) is 13.3. The van der Waals surface area contributed by atoms with Crippen molar-refractivity contribution in [2.75, 3.05) is 56.2 Å². The monoisotopic (exact) mass is 487 g/mol. The van der Waals surface area contributed by atoms with Crippen molar-refractivity contribution >= 4 is 33.2 Å². The fourth-order valence-corrected chi connectivity index (χ4v) is 5.81. The van der Waals surface area contributed by atoms with Crippen LogP contribution in [-0.2, 0) is 0 Å². The van der Waals surface area contributed by atoms with Crippen LogP contribution in [0.1, 0.15) is 12.8 Å². The zero-order valence-electron chi connectivity index (χ0n) is 20.4. The molecule has 36 heavy (non-hydrogen) atoms. The smallest absolute Gasteiger partial charge is 0.192 e. The molecule has 0 atom stereocenters. The highest BCUT2D eigenvalue weighted by atomic mass is 19.1. The van der Waals surface area contributed by atoms with Gasteiger partial charge >= 0.3 is 0 Å². The number of fused-ring (bicyclic) bond motifs is 2. The third-order valence-corrected chi connectivity index (χ3v) is 7.71. The first kappa shape index (κ1) is 22.8. The minimum atomic E-state index is -0.470. The Labute approximate surface area is 209 Å². The Bertz CT molecular complexity index is 1460. The molecule has 0 unspecified atom stereocenters. The third-order valence-electron chi connectivity index (χ3n) is 7.71. The van der Waals surface area contributed by atoms with Crippen molar-refractivity contribution in [2.45, 2.75) is 18.9 Å². The van der Waals surface area contributed by atoms with Crippen LogP contribution in [0.4, 0.5) is 15.8 Å². The van der Waals surface area contributed by atoms with Gasteiger partial charge in [-0.05, 0) is 37.1 Å². The number of ether oxygens (including phenoxy) is 1. The predicted molar refractivity (Wildman–Crippen MR) is 142 cm³/mol. The van der Waals surface area contributed by atoms with Gasteiger partial charge in [0, 0.05) is 75.2 Å². The Balaban J connectivity index is 1.13. The average molecular weight is 488 g/mol. The molecule has 0 amide bonds. The summed E-state index contributed by atoms with van der Waals surface area (Å²) in [4.78, 5) is 27.3. The molecular weight excluding hydrogens is 457 g/mol. The molecule has 2 aromatic heterocycles. The number of benzene rings is 2. The van der Waals surface area contributed by atoms with Crippen molar-refractivity contribution < 1.29 is 9.13 Å². The van der Waals surface area contributed by atoms with Crippen molar-refractivity contribution in [3.05, 3.63) is 70.9 Å². The molecule has 6 rings (SSSR count). The SMILES string of the molecule is COc1cc(N2CCN(C3CCN(c4ccc(F)c5c(=O)cc[nH]c45)CC3)CC2)c2ncccc2c1. The van der Waals surface area contributed by atoms with Gasteiger partial charge in [0.1, 0.15) is 11.6 Å². The second kappa shape index (κ2) is 9.43. The lowest BCUT2D eigenvalue weighted by Gasteiger charge is -2.44. The number of piperidine rings is 1. The number of hydrogen-bond acceptors (Lipinski definition) is 6. The number of piperazine rings is 1. The number of methoxy groups -OCH3 is 1. The summed E-state index contributed by atoms with van der Waals surface area (Å²) in [6.45, 7) is 5.66. The minimum absolute atomic E-state index is 0.146.